The maximum Gasteiger partial charge on any atom is 0.411 e. The van der Waals surface area contributed by atoms with Crippen LogP contribution in [0.2, 0.25) is 5.28 Å². The number of benzene rings is 1. The fourth-order valence-corrected chi connectivity index (χ4v) is 1.96. The van der Waals surface area contributed by atoms with Gasteiger partial charge in [0.2, 0.25) is 5.28 Å². The molecule has 1 heterocycles. The van der Waals surface area contributed by atoms with Gasteiger partial charge in [-0.1, -0.05) is 24.8 Å². The Labute approximate surface area is 138 Å². The number of anilines is 1. The lowest BCUT2D eigenvalue weighted by molar-refractivity contribution is 0.0992. The summed E-state index contributed by atoms with van der Waals surface area (Å²) >= 11 is 5.70. The van der Waals surface area contributed by atoms with E-state index in [2.05, 4.69) is 21.9 Å². The van der Waals surface area contributed by atoms with Crippen LogP contribution in [0, 0.1) is 0 Å². The lowest BCUT2D eigenvalue weighted by Gasteiger charge is -2.07. The zero-order chi connectivity index (χ0) is 16.7. The van der Waals surface area contributed by atoms with Crippen LogP contribution < -0.4 is 5.32 Å². The summed E-state index contributed by atoms with van der Waals surface area (Å²) in [5, 5.41) is 2.63. The normalized spacial score (nSPS) is 9.96. The van der Waals surface area contributed by atoms with E-state index in [0.717, 1.165) is 0 Å². The number of hydrogen-bond acceptors (Lipinski definition) is 5. The Kier molecular flexibility index (Phi) is 5.82. The highest BCUT2D eigenvalue weighted by Crippen LogP contribution is 2.14. The van der Waals surface area contributed by atoms with Gasteiger partial charge in [-0.2, -0.15) is 0 Å². The Balaban J connectivity index is 2.05. The summed E-state index contributed by atoms with van der Waals surface area (Å²) in [7, 11) is 0. The first-order valence-electron chi connectivity index (χ1n) is 6.74. The van der Waals surface area contributed by atoms with E-state index in [1.165, 1.54) is 12.3 Å². The SMILES string of the molecule is C=CCOC(=O)Nc1cccc(C(=O)Cc2ccnc(Cl)n2)c1. The zero-order valence-electron chi connectivity index (χ0n) is 12.2. The van der Waals surface area contributed by atoms with E-state index < -0.39 is 6.09 Å². The number of Topliss-reactive ketones (excluding diaryl/α,β-unsaturated/α-hetero) is 1. The first-order valence-corrected chi connectivity index (χ1v) is 7.11. The van der Waals surface area contributed by atoms with Gasteiger partial charge in [-0.3, -0.25) is 10.1 Å². The minimum Gasteiger partial charge on any atom is -0.445 e. The van der Waals surface area contributed by atoms with Crippen molar-refractivity contribution in [3.63, 3.8) is 0 Å². The highest BCUT2D eigenvalue weighted by molar-refractivity contribution is 6.28. The van der Waals surface area contributed by atoms with Crippen LogP contribution in [0.15, 0.2) is 49.2 Å². The first-order chi connectivity index (χ1) is 11.1. The van der Waals surface area contributed by atoms with Crippen molar-refractivity contribution in [3.05, 3.63) is 65.7 Å². The van der Waals surface area contributed by atoms with Crippen molar-refractivity contribution in [3.8, 4) is 0 Å². The molecule has 1 N–H and O–H groups in total. The number of rotatable bonds is 6. The molecule has 0 saturated heterocycles. The fourth-order valence-electron chi connectivity index (χ4n) is 1.79. The van der Waals surface area contributed by atoms with Crippen LogP contribution in [-0.2, 0) is 11.2 Å². The predicted octanol–water partition coefficient (Wildman–Crippen LogP) is 3.29. The molecule has 1 aromatic carbocycles. The van der Waals surface area contributed by atoms with Gasteiger partial charge in [0.1, 0.15) is 6.61 Å². The monoisotopic (exact) mass is 331 g/mol. The molecule has 7 heteroatoms. The standard InChI is InChI=1S/C16H14ClN3O3/c1-2-8-23-16(22)20-12-5-3-4-11(9-12)14(21)10-13-6-7-18-15(17)19-13/h2-7,9H,1,8,10H2,(H,20,22). The smallest absolute Gasteiger partial charge is 0.411 e. The molecule has 118 valence electrons. The van der Waals surface area contributed by atoms with Crippen molar-refractivity contribution in [2.24, 2.45) is 0 Å². The van der Waals surface area contributed by atoms with Crippen LogP contribution in [-0.4, -0.2) is 28.5 Å². The van der Waals surface area contributed by atoms with E-state index >= 15 is 0 Å². The van der Waals surface area contributed by atoms with Gasteiger partial charge in [0.25, 0.3) is 0 Å². The van der Waals surface area contributed by atoms with E-state index in [9.17, 15) is 9.59 Å². The molecule has 0 saturated carbocycles. The molecule has 2 rings (SSSR count). The highest BCUT2D eigenvalue weighted by Gasteiger charge is 2.10. The predicted molar refractivity (Wildman–Crippen MR) is 86.7 cm³/mol. The molecule has 0 unspecified atom stereocenters. The molecule has 2 aromatic rings. The van der Waals surface area contributed by atoms with Gasteiger partial charge < -0.3 is 4.74 Å². The molecule has 0 aliphatic rings. The number of hydrogen-bond donors (Lipinski definition) is 1. The molecule has 0 radical (unpaired) electrons. The molecule has 23 heavy (non-hydrogen) atoms. The van der Waals surface area contributed by atoms with Crippen LogP contribution in [0.1, 0.15) is 16.1 Å². The largest absolute Gasteiger partial charge is 0.445 e. The van der Waals surface area contributed by atoms with E-state index in [-0.39, 0.29) is 24.1 Å². The molecule has 0 aliphatic carbocycles. The van der Waals surface area contributed by atoms with E-state index in [0.29, 0.717) is 16.9 Å². The number of ketones is 1. The van der Waals surface area contributed by atoms with Crippen molar-refractivity contribution < 1.29 is 14.3 Å². The zero-order valence-corrected chi connectivity index (χ0v) is 12.9. The lowest BCUT2D eigenvalue weighted by atomic mass is 10.1. The second-order valence-corrected chi connectivity index (χ2v) is 4.85. The molecule has 1 amide bonds. The molecule has 0 fully saturated rings. The van der Waals surface area contributed by atoms with Gasteiger partial charge in [-0.15, -0.1) is 0 Å². The Bertz CT molecular complexity index is 734. The van der Waals surface area contributed by atoms with Gasteiger partial charge in [-0.25, -0.2) is 14.8 Å². The number of carbonyl (C=O) groups is 2. The average Bonchev–Trinajstić information content (AvgIpc) is 2.53. The lowest BCUT2D eigenvalue weighted by Crippen LogP contribution is -2.14. The number of nitrogens with one attached hydrogen (secondary N) is 1. The minimum absolute atomic E-state index is 0.0899. The number of amides is 1. The van der Waals surface area contributed by atoms with Crippen molar-refractivity contribution in [2.45, 2.75) is 6.42 Å². The number of aromatic nitrogens is 2. The maximum atomic E-state index is 12.3. The van der Waals surface area contributed by atoms with Crippen LogP contribution in [0.3, 0.4) is 0 Å². The quantitative estimate of drug-likeness (QED) is 0.499. The van der Waals surface area contributed by atoms with Crippen molar-refractivity contribution in [2.75, 3.05) is 11.9 Å². The number of ether oxygens (including phenoxy) is 1. The Morgan fingerprint density at radius 2 is 2.17 bits per heavy atom. The summed E-state index contributed by atoms with van der Waals surface area (Å²) in [5.74, 6) is -0.150. The molecular weight excluding hydrogens is 318 g/mol. The van der Waals surface area contributed by atoms with Gasteiger partial charge in [0.15, 0.2) is 5.78 Å². The van der Waals surface area contributed by atoms with Gasteiger partial charge >= 0.3 is 6.09 Å². The topological polar surface area (TPSA) is 81.2 Å². The Hall–Kier alpha value is -2.73. The third kappa shape index (κ3) is 5.19. The average molecular weight is 332 g/mol. The number of nitrogens with zero attached hydrogens (tertiary/aromatic N) is 2. The molecule has 0 atom stereocenters. The van der Waals surface area contributed by atoms with E-state index in [4.69, 9.17) is 16.3 Å². The van der Waals surface area contributed by atoms with Crippen molar-refractivity contribution in [1.82, 2.24) is 9.97 Å². The van der Waals surface area contributed by atoms with Crippen molar-refractivity contribution >= 4 is 29.2 Å². The summed E-state index contributed by atoms with van der Waals surface area (Å²) in [6.45, 7) is 3.56. The summed E-state index contributed by atoms with van der Waals surface area (Å²) < 4.78 is 4.82. The second-order valence-electron chi connectivity index (χ2n) is 4.51. The molecule has 1 aromatic heterocycles. The summed E-state index contributed by atoms with van der Waals surface area (Å²) in [4.78, 5) is 31.5. The van der Waals surface area contributed by atoms with Crippen LogP contribution in [0.5, 0.6) is 0 Å². The first kappa shape index (κ1) is 16.6. The van der Waals surface area contributed by atoms with E-state index in [1.807, 2.05) is 0 Å². The molecular formula is C16H14ClN3O3. The van der Waals surface area contributed by atoms with Crippen molar-refractivity contribution in [1.29, 1.82) is 0 Å². The summed E-state index contributed by atoms with van der Waals surface area (Å²) in [6, 6.07) is 8.18. The van der Waals surface area contributed by atoms with Gasteiger partial charge in [0, 0.05) is 17.4 Å². The van der Waals surface area contributed by atoms with Crippen LogP contribution in [0.4, 0.5) is 10.5 Å². The minimum atomic E-state index is -0.614. The fraction of sp³-hybridized carbons (Fsp3) is 0.125. The summed E-state index contributed by atoms with van der Waals surface area (Å²) in [5.41, 5.74) is 1.44. The molecule has 0 spiro atoms. The molecule has 6 nitrogen and oxygen atoms in total. The highest BCUT2D eigenvalue weighted by atomic mass is 35.5. The Morgan fingerprint density at radius 1 is 1.35 bits per heavy atom. The summed E-state index contributed by atoms with van der Waals surface area (Å²) in [6.07, 6.45) is 2.43. The number of carbonyl (C=O) groups excluding carboxylic acids is 2. The second kappa shape index (κ2) is 8.05. The van der Waals surface area contributed by atoms with Gasteiger partial charge in [-0.05, 0) is 29.8 Å². The number of halogens is 1. The van der Waals surface area contributed by atoms with Gasteiger partial charge in [0.05, 0.1) is 12.1 Å². The molecule has 0 aliphatic heterocycles. The molecule has 0 bridgehead atoms. The van der Waals surface area contributed by atoms with E-state index in [1.54, 1.807) is 30.3 Å². The maximum absolute atomic E-state index is 12.3. The van der Waals surface area contributed by atoms with Crippen LogP contribution in [0.25, 0.3) is 0 Å². The third-order valence-electron chi connectivity index (χ3n) is 2.79. The Morgan fingerprint density at radius 3 is 2.91 bits per heavy atom. The van der Waals surface area contributed by atoms with Crippen LogP contribution >= 0.6 is 11.6 Å². The third-order valence-corrected chi connectivity index (χ3v) is 2.97.